The third-order valence-corrected chi connectivity index (χ3v) is 3.38. The van der Waals surface area contributed by atoms with Crippen LogP contribution in [0.1, 0.15) is 12.0 Å². The average Bonchev–Trinajstić information content (AvgIpc) is 2.15. The van der Waals surface area contributed by atoms with Gasteiger partial charge in [0.2, 0.25) is 5.88 Å². The second kappa shape index (κ2) is 4.68. The van der Waals surface area contributed by atoms with Crippen LogP contribution in [0, 0.1) is 0 Å². The molecule has 0 unspecified atom stereocenters. The Kier molecular flexibility index (Phi) is 3.92. The molecule has 0 aromatic carbocycles. The number of aromatic nitrogens is 1. The van der Waals surface area contributed by atoms with E-state index in [1.165, 1.54) is 7.11 Å². The quantitative estimate of drug-likeness (QED) is 0.803. The van der Waals surface area contributed by atoms with Crippen molar-refractivity contribution >= 4 is 31.3 Å². The summed E-state index contributed by atoms with van der Waals surface area (Å²) in [4.78, 5) is 2.63. The Morgan fingerprint density at radius 2 is 2.06 bits per heavy atom. The van der Waals surface area contributed by atoms with E-state index in [9.17, 15) is 17.2 Å². The lowest BCUT2D eigenvalue weighted by Crippen LogP contribution is -2.03. The number of pyridine rings is 1. The molecule has 0 aliphatic rings. The smallest absolute Gasteiger partial charge is 0.266 e. The highest BCUT2D eigenvalue weighted by atomic mass is 35.7. The van der Waals surface area contributed by atoms with Crippen molar-refractivity contribution in [2.24, 2.45) is 0 Å². The molecule has 1 rings (SSSR count). The topological polar surface area (TPSA) is 56.3 Å². The minimum Gasteiger partial charge on any atom is -0.480 e. The molecule has 16 heavy (non-hydrogen) atoms. The zero-order valence-electron chi connectivity index (χ0n) is 7.75. The zero-order chi connectivity index (χ0) is 12.5. The maximum absolute atomic E-state index is 12.6. The first-order valence-electron chi connectivity index (χ1n) is 3.74. The largest absolute Gasteiger partial charge is 0.480 e. The normalized spacial score (nSPS) is 11.9. The fourth-order valence-electron chi connectivity index (χ4n) is 1.01. The van der Waals surface area contributed by atoms with Crippen LogP contribution in [0.5, 0.6) is 5.88 Å². The molecule has 9 heteroatoms. The Bertz CT molecular complexity index is 507. The van der Waals surface area contributed by atoms with E-state index in [0.717, 1.165) is 0 Å². The number of rotatable bonds is 3. The number of ether oxygens (including phenoxy) is 1. The molecule has 0 atom stereocenters. The first-order chi connectivity index (χ1) is 7.29. The highest BCUT2D eigenvalue weighted by Crippen LogP contribution is 2.38. The van der Waals surface area contributed by atoms with Crippen molar-refractivity contribution in [3.05, 3.63) is 16.8 Å². The predicted octanol–water partition coefficient (Wildman–Crippen LogP) is 2.61. The molecular formula is C7H5Cl2F2NO3S. The molecule has 0 aliphatic carbocycles. The summed E-state index contributed by atoms with van der Waals surface area (Å²) in [5, 5.41) is -0.570. The number of methoxy groups -OCH3 is 1. The summed E-state index contributed by atoms with van der Waals surface area (Å²) in [7, 11) is 1.80. The van der Waals surface area contributed by atoms with Gasteiger partial charge in [0, 0.05) is 10.7 Å². The number of nitrogens with zero attached hydrogens (tertiary/aromatic N) is 1. The number of hydrogen-bond donors (Lipinski definition) is 0. The van der Waals surface area contributed by atoms with Gasteiger partial charge in [0.15, 0.2) is 0 Å². The van der Waals surface area contributed by atoms with Gasteiger partial charge in [0.1, 0.15) is 9.92 Å². The standard InChI is InChI=1S/C7H5Cl2F2NO3S/c1-15-7-5(8)4(6(10)11)3(2-12-7)16(9,13)14/h2,6H,1H3. The number of halogens is 4. The van der Waals surface area contributed by atoms with Gasteiger partial charge in [-0.15, -0.1) is 0 Å². The monoisotopic (exact) mass is 291 g/mol. The molecule has 0 radical (unpaired) electrons. The maximum atomic E-state index is 12.6. The lowest BCUT2D eigenvalue weighted by molar-refractivity contribution is 0.147. The molecule has 0 amide bonds. The number of alkyl halides is 2. The van der Waals surface area contributed by atoms with Crippen molar-refractivity contribution in [3.63, 3.8) is 0 Å². The minimum absolute atomic E-state index is 0.291. The van der Waals surface area contributed by atoms with Gasteiger partial charge in [0.05, 0.1) is 18.9 Å². The van der Waals surface area contributed by atoms with Gasteiger partial charge in [0.25, 0.3) is 15.5 Å². The highest BCUT2D eigenvalue weighted by molar-refractivity contribution is 8.13. The minimum atomic E-state index is -4.34. The molecule has 0 bridgehead atoms. The molecule has 1 heterocycles. The van der Waals surface area contributed by atoms with Crippen molar-refractivity contribution in [1.82, 2.24) is 4.98 Å². The van der Waals surface area contributed by atoms with Gasteiger partial charge in [-0.1, -0.05) is 11.6 Å². The molecule has 4 nitrogen and oxygen atoms in total. The molecular weight excluding hydrogens is 287 g/mol. The van der Waals surface area contributed by atoms with Crippen LogP contribution in [0.2, 0.25) is 5.02 Å². The van der Waals surface area contributed by atoms with E-state index < -0.39 is 31.0 Å². The number of hydrogen-bond acceptors (Lipinski definition) is 4. The molecule has 0 spiro atoms. The van der Waals surface area contributed by atoms with Gasteiger partial charge in [-0.2, -0.15) is 0 Å². The van der Waals surface area contributed by atoms with Crippen LogP contribution in [0.4, 0.5) is 8.78 Å². The summed E-state index contributed by atoms with van der Waals surface area (Å²) in [5.41, 5.74) is -0.913. The molecule has 0 saturated carbocycles. The Morgan fingerprint density at radius 3 is 2.44 bits per heavy atom. The van der Waals surface area contributed by atoms with E-state index >= 15 is 0 Å². The fourth-order valence-corrected chi connectivity index (χ4v) is 2.37. The summed E-state index contributed by atoms with van der Waals surface area (Å²) in [6, 6.07) is 0. The van der Waals surface area contributed by atoms with Gasteiger partial charge in [-0.3, -0.25) is 0 Å². The van der Waals surface area contributed by atoms with Crippen molar-refractivity contribution in [1.29, 1.82) is 0 Å². The summed E-state index contributed by atoms with van der Waals surface area (Å²) < 4.78 is 51.9. The van der Waals surface area contributed by atoms with Crippen LogP contribution in [0.15, 0.2) is 11.1 Å². The Morgan fingerprint density at radius 1 is 1.50 bits per heavy atom. The third-order valence-electron chi connectivity index (χ3n) is 1.66. The molecule has 0 N–H and O–H groups in total. The molecule has 90 valence electrons. The van der Waals surface area contributed by atoms with Crippen LogP contribution >= 0.6 is 22.3 Å². The van der Waals surface area contributed by atoms with Gasteiger partial charge in [-0.25, -0.2) is 22.2 Å². The van der Waals surface area contributed by atoms with Crippen LogP contribution in [-0.4, -0.2) is 20.5 Å². The molecule has 1 aromatic heterocycles. The van der Waals surface area contributed by atoms with Crippen LogP contribution in [-0.2, 0) is 9.05 Å². The van der Waals surface area contributed by atoms with Crippen molar-refractivity contribution in [3.8, 4) is 5.88 Å². The zero-order valence-corrected chi connectivity index (χ0v) is 10.1. The lowest BCUT2D eigenvalue weighted by Gasteiger charge is -2.10. The van der Waals surface area contributed by atoms with E-state index in [-0.39, 0.29) is 5.88 Å². The molecule has 0 saturated heterocycles. The van der Waals surface area contributed by atoms with Crippen LogP contribution < -0.4 is 4.74 Å². The summed E-state index contributed by atoms with van der Waals surface area (Å²) in [5.74, 6) is -0.291. The van der Waals surface area contributed by atoms with E-state index in [2.05, 4.69) is 9.72 Å². The SMILES string of the molecule is COc1ncc(S(=O)(=O)Cl)c(C(F)F)c1Cl. The van der Waals surface area contributed by atoms with Crippen LogP contribution in [0.3, 0.4) is 0 Å². The predicted molar refractivity (Wildman–Crippen MR) is 53.8 cm³/mol. The summed E-state index contributed by atoms with van der Waals surface area (Å²) in [6.45, 7) is 0. The van der Waals surface area contributed by atoms with Crippen molar-refractivity contribution in [2.75, 3.05) is 7.11 Å². The van der Waals surface area contributed by atoms with Crippen LogP contribution in [0.25, 0.3) is 0 Å². The Hall–Kier alpha value is -0.660. The van der Waals surface area contributed by atoms with Crippen molar-refractivity contribution < 1.29 is 21.9 Å². The third kappa shape index (κ3) is 2.53. The fraction of sp³-hybridized carbons (Fsp3) is 0.286. The molecule has 1 aromatic rings. The summed E-state index contributed by atoms with van der Waals surface area (Å²) >= 11 is 5.52. The van der Waals surface area contributed by atoms with Gasteiger partial charge >= 0.3 is 0 Å². The summed E-state index contributed by atoms with van der Waals surface area (Å²) in [6.07, 6.45) is -2.43. The van der Waals surface area contributed by atoms with Crippen molar-refractivity contribution in [2.45, 2.75) is 11.3 Å². The average molecular weight is 292 g/mol. The van der Waals surface area contributed by atoms with Gasteiger partial charge < -0.3 is 4.74 Å². The molecule has 0 aliphatic heterocycles. The first kappa shape index (κ1) is 13.4. The Labute approximate surface area is 99.6 Å². The molecule has 0 fully saturated rings. The van der Waals surface area contributed by atoms with E-state index in [1.807, 2.05) is 0 Å². The second-order valence-corrected chi connectivity index (χ2v) is 5.51. The van der Waals surface area contributed by atoms with E-state index in [4.69, 9.17) is 22.3 Å². The Balaban J connectivity index is 3.60. The highest BCUT2D eigenvalue weighted by Gasteiger charge is 2.27. The second-order valence-electron chi connectivity index (χ2n) is 2.60. The first-order valence-corrected chi connectivity index (χ1v) is 6.43. The van der Waals surface area contributed by atoms with E-state index in [1.54, 1.807) is 0 Å². The van der Waals surface area contributed by atoms with Gasteiger partial charge in [-0.05, 0) is 0 Å². The van der Waals surface area contributed by atoms with E-state index in [0.29, 0.717) is 6.20 Å². The maximum Gasteiger partial charge on any atom is 0.266 e. The lowest BCUT2D eigenvalue weighted by atomic mass is 10.3.